The van der Waals surface area contributed by atoms with Gasteiger partial charge < -0.3 is 4.74 Å². The average molecular weight is 209 g/mol. The quantitative estimate of drug-likeness (QED) is 0.568. The second-order valence-corrected chi connectivity index (χ2v) is 4.96. The molecular weight excluding hydrogens is 194 g/mol. The maximum absolute atomic E-state index is 11.8. The lowest BCUT2D eigenvalue weighted by atomic mass is 10.1. The van der Waals surface area contributed by atoms with Gasteiger partial charge >= 0.3 is 6.09 Å². The Morgan fingerprint density at radius 3 is 2.53 bits per heavy atom. The van der Waals surface area contributed by atoms with Gasteiger partial charge in [0.2, 0.25) is 0 Å². The summed E-state index contributed by atoms with van der Waals surface area (Å²) in [4.78, 5) is 24.7. The van der Waals surface area contributed by atoms with E-state index in [1.165, 1.54) is 4.90 Å². The summed E-state index contributed by atoms with van der Waals surface area (Å²) >= 11 is 0. The molecule has 2 atom stereocenters. The van der Waals surface area contributed by atoms with Crippen molar-refractivity contribution in [3.8, 4) is 0 Å². The molecule has 1 saturated heterocycles. The highest BCUT2D eigenvalue weighted by molar-refractivity contribution is 5.95. The van der Waals surface area contributed by atoms with Crippen molar-refractivity contribution < 1.29 is 14.3 Å². The summed E-state index contributed by atoms with van der Waals surface area (Å²) in [6.07, 6.45) is 3.71. The molecule has 0 saturated carbocycles. The lowest BCUT2D eigenvalue weighted by molar-refractivity contribution is -0.118. The van der Waals surface area contributed by atoms with E-state index in [1.54, 1.807) is 6.08 Å². The lowest BCUT2D eigenvalue weighted by Gasteiger charge is -2.26. The van der Waals surface area contributed by atoms with Crippen molar-refractivity contribution in [2.75, 3.05) is 0 Å². The molecule has 1 fully saturated rings. The number of fused-ring (bicyclic) bond motifs is 2. The first-order valence-electron chi connectivity index (χ1n) is 5.11. The van der Waals surface area contributed by atoms with Crippen molar-refractivity contribution in [2.45, 2.75) is 44.9 Å². The van der Waals surface area contributed by atoms with Crippen molar-refractivity contribution in [3.05, 3.63) is 12.2 Å². The highest BCUT2D eigenvalue weighted by atomic mass is 16.6. The Bertz CT molecular complexity index is 340. The Balaban J connectivity index is 2.08. The Morgan fingerprint density at radius 2 is 2.13 bits per heavy atom. The summed E-state index contributed by atoms with van der Waals surface area (Å²) in [7, 11) is 0. The number of Topliss-reactive ketones (excluding diaryl/α,β-unsaturated/α-hetero) is 1. The molecule has 82 valence electrons. The molecule has 1 amide bonds. The minimum Gasteiger partial charge on any atom is -0.444 e. The number of hydrogen-bond acceptors (Lipinski definition) is 3. The standard InChI is InChI=1S/C11H15NO3/c1-11(2,3)15-10(14)12-7-4-5-8(12)9(13)6-7/h4-5,7-8H,6H2,1-3H3. The first-order valence-corrected chi connectivity index (χ1v) is 5.11. The SMILES string of the molecule is CC(C)(C)OC(=O)N1C2C=CC1C(=O)C2. The number of carbonyl (C=O) groups is 2. The van der Waals surface area contributed by atoms with Crippen molar-refractivity contribution >= 4 is 11.9 Å². The van der Waals surface area contributed by atoms with Crippen LogP contribution in [0.1, 0.15) is 27.2 Å². The summed E-state index contributed by atoms with van der Waals surface area (Å²) in [5, 5.41) is 0. The minimum atomic E-state index is -0.512. The molecule has 0 aliphatic carbocycles. The Hall–Kier alpha value is -1.32. The van der Waals surface area contributed by atoms with E-state index in [0.29, 0.717) is 6.42 Å². The fraction of sp³-hybridized carbons (Fsp3) is 0.636. The van der Waals surface area contributed by atoms with Crippen LogP contribution in [0.15, 0.2) is 12.2 Å². The van der Waals surface area contributed by atoms with Gasteiger partial charge in [0.1, 0.15) is 11.6 Å². The molecule has 0 aromatic carbocycles. The topological polar surface area (TPSA) is 46.6 Å². The maximum atomic E-state index is 11.8. The van der Waals surface area contributed by atoms with Crippen LogP contribution >= 0.6 is 0 Å². The van der Waals surface area contributed by atoms with Crippen LogP contribution in [-0.4, -0.2) is 34.5 Å². The number of hydrogen-bond donors (Lipinski definition) is 0. The molecule has 2 unspecified atom stereocenters. The summed E-state index contributed by atoms with van der Waals surface area (Å²) in [6, 6.07) is -0.470. The van der Waals surface area contributed by atoms with Crippen LogP contribution < -0.4 is 0 Å². The molecule has 0 spiro atoms. The second kappa shape index (κ2) is 3.08. The first-order chi connectivity index (χ1) is 6.88. The third kappa shape index (κ3) is 1.76. The zero-order valence-corrected chi connectivity index (χ0v) is 9.19. The molecule has 4 heteroatoms. The molecule has 0 N–H and O–H groups in total. The number of ketones is 1. The Morgan fingerprint density at radius 1 is 1.47 bits per heavy atom. The van der Waals surface area contributed by atoms with Crippen LogP contribution in [0.5, 0.6) is 0 Å². The molecule has 2 heterocycles. The highest BCUT2D eigenvalue weighted by Gasteiger charge is 2.45. The van der Waals surface area contributed by atoms with Gasteiger partial charge in [0.05, 0.1) is 6.04 Å². The van der Waals surface area contributed by atoms with E-state index in [9.17, 15) is 9.59 Å². The van der Waals surface area contributed by atoms with E-state index >= 15 is 0 Å². The Labute approximate surface area is 88.9 Å². The van der Waals surface area contributed by atoms with Crippen LogP contribution in [0.2, 0.25) is 0 Å². The lowest BCUT2D eigenvalue weighted by Crippen LogP contribution is -2.41. The fourth-order valence-electron chi connectivity index (χ4n) is 1.94. The molecule has 2 rings (SSSR count). The minimum absolute atomic E-state index is 0.0858. The first kappa shape index (κ1) is 10.2. The predicted molar refractivity (Wildman–Crippen MR) is 54.4 cm³/mol. The molecule has 2 bridgehead atoms. The second-order valence-electron chi connectivity index (χ2n) is 4.96. The third-order valence-electron chi connectivity index (χ3n) is 2.52. The number of nitrogens with zero attached hydrogens (tertiary/aromatic N) is 1. The van der Waals surface area contributed by atoms with Gasteiger partial charge in [0.25, 0.3) is 0 Å². The predicted octanol–water partition coefficient (Wildman–Crippen LogP) is 1.50. The maximum Gasteiger partial charge on any atom is 0.411 e. The van der Waals surface area contributed by atoms with E-state index < -0.39 is 11.7 Å². The van der Waals surface area contributed by atoms with Gasteiger partial charge in [-0.05, 0) is 20.8 Å². The van der Waals surface area contributed by atoms with E-state index in [-0.39, 0.29) is 17.9 Å². The molecule has 0 aromatic heterocycles. The number of ether oxygens (including phenoxy) is 1. The van der Waals surface area contributed by atoms with E-state index in [2.05, 4.69) is 0 Å². The van der Waals surface area contributed by atoms with Crippen molar-refractivity contribution in [3.63, 3.8) is 0 Å². The van der Waals surface area contributed by atoms with Gasteiger partial charge in [-0.15, -0.1) is 0 Å². The molecule has 4 nitrogen and oxygen atoms in total. The summed E-state index contributed by atoms with van der Waals surface area (Å²) in [5.41, 5.74) is -0.512. The molecular formula is C11H15NO3. The van der Waals surface area contributed by atoms with Crippen LogP contribution in [0.25, 0.3) is 0 Å². The average Bonchev–Trinajstić information content (AvgIpc) is 2.55. The van der Waals surface area contributed by atoms with Gasteiger partial charge in [-0.2, -0.15) is 0 Å². The van der Waals surface area contributed by atoms with E-state index in [0.717, 1.165) is 0 Å². The van der Waals surface area contributed by atoms with Crippen LogP contribution in [0.3, 0.4) is 0 Å². The smallest absolute Gasteiger partial charge is 0.411 e. The van der Waals surface area contributed by atoms with Crippen molar-refractivity contribution in [1.82, 2.24) is 4.90 Å². The number of carbonyl (C=O) groups excluding carboxylic acids is 2. The molecule has 2 aliphatic rings. The molecule has 15 heavy (non-hydrogen) atoms. The summed E-state index contributed by atoms with van der Waals surface area (Å²) in [6.45, 7) is 5.45. The largest absolute Gasteiger partial charge is 0.444 e. The fourth-order valence-corrected chi connectivity index (χ4v) is 1.94. The van der Waals surface area contributed by atoms with Crippen LogP contribution in [-0.2, 0) is 9.53 Å². The summed E-state index contributed by atoms with van der Waals surface area (Å²) in [5.74, 6) is 0.105. The third-order valence-corrected chi connectivity index (χ3v) is 2.52. The molecule has 0 aromatic rings. The highest BCUT2D eigenvalue weighted by Crippen LogP contribution is 2.30. The molecule has 2 aliphatic heterocycles. The number of amides is 1. The summed E-state index contributed by atoms with van der Waals surface area (Å²) < 4.78 is 5.25. The van der Waals surface area contributed by atoms with Gasteiger partial charge in [-0.3, -0.25) is 9.69 Å². The van der Waals surface area contributed by atoms with Gasteiger partial charge in [-0.1, -0.05) is 12.2 Å². The van der Waals surface area contributed by atoms with Gasteiger partial charge in [0, 0.05) is 6.42 Å². The van der Waals surface area contributed by atoms with E-state index in [4.69, 9.17) is 4.74 Å². The van der Waals surface area contributed by atoms with Crippen LogP contribution in [0, 0.1) is 0 Å². The van der Waals surface area contributed by atoms with E-state index in [1.807, 2.05) is 26.8 Å². The number of rotatable bonds is 0. The van der Waals surface area contributed by atoms with Gasteiger partial charge in [-0.25, -0.2) is 4.79 Å². The molecule has 0 radical (unpaired) electrons. The van der Waals surface area contributed by atoms with Crippen molar-refractivity contribution in [2.24, 2.45) is 0 Å². The van der Waals surface area contributed by atoms with Crippen molar-refractivity contribution in [1.29, 1.82) is 0 Å². The van der Waals surface area contributed by atoms with Gasteiger partial charge in [0.15, 0.2) is 5.78 Å². The Kier molecular flexibility index (Phi) is 2.10. The zero-order chi connectivity index (χ0) is 11.2. The normalized spacial score (nSPS) is 28.7. The zero-order valence-electron chi connectivity index (χ0n) is 9.19. The monoisotopic (exact) mass is 209 g/mol. The van der Waals surface area contributed by atoms with Crippen LogP contribution in [0.4, 0.5) is 4.79 Å².